The Morgan fingerprint density at radius 2 is 1.71 bits per heavy atom. The van der Waals surface area contributed by atoms with Gasteiger partial charge in [-0.3, -0.25) is 4.79 Å². The molecule has 0 unspecified atom stereocenters. The predicted octanol–water partition coefficient (Wildman–Crippen LogP) is 3.63. The van der Waals surface area contributed by atoms with E-state index in [0.717, 1.165) is 16.9 Å². The molecule has 0 bridgehead atoms. The third-order valence-electron chi connectivity index (χ3n) is 3.16. The zero-order valence-electron chi connectivity index (χ0n) is 12.4. The largest absolute Gasteiger partial charge is 0.384 e. The van der Waals surface area contributed by atoms with E-state index in [1.54, 1.807) is 6.08 Å². The van der Waals surface area contributed by atoms with Crippen LogP contribution in [0.15, 0.2) is 66.4 Å². The minimum Gasteiger partial charge on any atom is -0.384 e. The highest BCUT2D eigenvalue weighted by Crippen LogP contribution is 2.13. The number of nitrogens with one attached hydrogen (secondary N) is 2. The van der Waals surface area contributed by atoms with Crippen LogP contribution >= 0.6 is 0 Å². The van der Waals surface area contributed by atoms with Crippen LogP contribution in [-0.4, -0.2) is 5.91 Å². The maximum absolute atomic E-state index is 12.0. The number of hydrogen-bond acceptors (Lipinski definition) is 2. The highest BCUT2D eigenvalue weighted by atomic mass is 16.1. The zero-order chi connectivity index (χ0) is 15.1. The van der Waals surface area contributed by atoms with Gasteiger partial charge in [0.25, 0.3) is 0 Å². The summed E-state index contributed by atoms with van der Waals surface area (Å²) in [5.41, 5.74) is 3.92. The summed E-state index contributed by atoms with van der Waals surface area (Å²) in [5, 5.41) is 6.11. The van der Waals surface area contributed by atoms with E-state index in [1.165, 1.54) is 5.56 Å². The molecule has 2 N–H and O–H groups in total. The van der Waals surface area contributed by atoms with Crippen molar-refractivity contribution in [1.29, 1.82) is 0 Å². The Morgan fingerprint density at radius 3 is 2.43 bits per heavy atom. The molecule has 0 aliphatic heterocycles. The third kappa shape index (κ3) is 4.80. The van der Waals surface area contributed by atoms with E-state index in [-0.39, 0.29) is 5.91 Å². The van der Waals surface area contributed by atoms with Gasteiger partial charge in [-0.25, -0.2) is 0 Å². The summed E-state index contributed by atoms with van der Waals surface area (Å²) < 4.78 is 0. The molecule has 2 aromatic rings. The zero-order valence-corrected chi connectivity index (χ0v) is 12.4. The Bertz CT molecular complexity index is 633. The van der Waals surface area contributed by atoms with E-state index in [2.05, 4.69) is 10.6 Å². The van der Waals surface area contributed by atoms with Crippen molar-refractivity contribution in [3.05, 3.63) is 77.5 Å². The van der Waals surface area contributed by atoms with Gasteiger partial charge in [0.15, 0.2) is 0 Å². The molecule has 0 fully saturated rings. The quantitative estimate of drug-likeness (QED) is 0.821. The van der Waals surface area contributed by atoms with E-state index < -0.39 is 0 Å². The highest BCUT2D eigenvalue weighted by Gasteiger charge is 2.02. The van der Waals surface area contributed by atoms with Gasteiger partial charge in [-0.05, 0) is 31.0 Å². The van der Waals surface area contributed by atoms with Crippen molar-refractivity contribution in [2.24, 2.45) is 0 Å². The van der Waals surface area contributed by atoms with E-state index in [1.807, 2.05) is 68.4 Å². The average Bonchev–Trinajstić information content (AvgIpc) is 2.48. The molecule has 108 valence electrons. The lowest BCUT2D eigenvalue weighted by Gasteiger charge is -2.08. The van der Waals surface area contributed by atoms with E-state index in [4.69, 9.17) is 0 Å². The minimum absolute atomic E-state index is 0.123. The summed E-state index contributed by atoms with van der Waals surface area (Å²) in [6, 6.07) is 17.8. The van der Waals surface area contributed by atoms with Gasteiger partial charge in [0, 0.05) is 24.0 Å². The van der Waals surface area contributed by atoms with Crippen molar-refractivity contribution in [2.45, 2.75) is 20.4 Å². The van der Waals surface area contributed by atoms with Crippen molar-refractivity contribution >= 4 is 11.6 Å². The summed E-state index contributed by atoms with van der Waals surface area (Å²) in [7, 11) is 0. The molecule has 0 spiro atoms. The number of carbonyl (C=O) groups excluding carboxylic acids is 1. The fraction of sp³-hybridized carbons (Fsp3) is 0.167. The minimum atomic E-state index is -0.123. The molecule has 1 amide bonds. The van der Waals surface area contributed by atoms with Crippen LogP contribution in [0.1, 0.15) is 18.1 Å². The lowest BCUT2D eigenvalue weighted by atomic mass is 10.2. The standard InChI is InChI=1S/C18H20N2O/c1-14-8-6-7-11-17(14)20-18(21)12-15(2)19-13-16-9-4-3-5-10-16/h3-12,19H,13H2,1-2H3,(H,20,21)/b15-12+. The van der Waals surface area contributed by atoms with Crippen LogP contribution in [0, 0.1) is 6.92 Å². The number of rotatable bonds is 5. The van der Waals surface area contributed by atoms with Gasteiger partial charge in [0.2, 0.25) is 5.91 Å². The van der Waals surface area contributed by atoms with Gasteiger partial charge in [-0.2, -0.15) is 0 Å². The Balaban J connectivity index is 1.90. The molecular weight excluding hydrogens is 260 g/mol. The maximum Gasteiger partial charge on any atom is 0.250 e. The lowest BCUT2D eigenvalue weighted by molar-refractivity contribution is -0.112. The first-order valence-electron chi connectivity index (χ1n) is 6.98. The number of allylic oxidation sites excluding steroid dienone is 1. The van der Waals surface area contributed by atoms with Crippen molar-refractivity contribution in [3.8, 4) is 0 Å². The van der Waals surface area contributed by atoms with E-state index in [9.17, 15) is 4.79 Å². The molecule has 21 heavy (non-hydrogen) atoms. The SMILES string of the molecule is C/C(=C\C(=O)Nc1ccccc1C)NCc1ccccc1. The smallest absolute Gasteiger partial charge is 0.250 e. The number of hydrogen-bond donors (Lipinski definition) is 2. The third-order valence-corrected chi connectivity index (χ3v) is 3.16. The lowest BCUT2D eigenvalue weighted by Crippen LogP contribution is -2.15. The monoisotopic (exact) mass is 280 g/mol. The first kappa shape index (κ1) is 14.9. The Morgan fingerprint density at radius 1 is 1.05 bits per heavy atom. The van der Waals surface area contributed by atoms with Crippen molar-refractivity contribution in [2.75, 3.05) is 5.32 Å². The number of benzene rings is 2. The molecule has 0 aliphatic rings. The maximum atomic E-state index is 12.0. The van der Waals surface area contributed by atoms with Crippen molar-refractivity contribution in [1.82, 2.24) is 5.32 Å². The second kappa shape index (κ2) is 7.29. The number of para-hydroxylation sites is 1. The molecule has 0 radical (unpaired) electrons. The molecule has 2 rings (SSSR count). The fourth-order valence-corrected chi connectivity index (χ4v) is 1.97. The number of aryl methyl sites for hydroxylation is 1. The molecule has 0 heterocycles. The molecule has 0 saturated heterocycles. The fourth-order valence-electron chi connectivity index (χ4n) is 1.97. The molecule has 0 aliphatic carbocycles. The average molecular weight is 280 g/mol. The molecule has 0 saturated carbocycles. The van der Waals surface area contributed by atoms with Crippen LogP contribution in [0.5, 0.6) is 0 Å². The summed E-state index contributed by atoms with van der Waals surface area (Å²) in [5.74, 6) is -0.123. The Labute approximate surface area is 125 Å². The van der Waals surface area contributed by atoms with Crippen LogP contribution in [0.25, 0.3) is 0 Å². The number of carbonyl (C=O) groups is 1. The molecule has 0 aromatic heterocycles. The van der Waals surface area contributed by atoms with Crippen molar-refractivity contribution in [3.63, 3.8) is 0 Å². The van der Waals surface area contributed by atoms with Gasteiger partial charge < -0.3 is 10.6 Å². The van der Waals surface area contributed by atoms with Gasteiger partial charge in [0.1, 0.15) is 0 Å². The van der Waals surface area contributed by atoms with Crippen LogP contribution in [-0.2, 0) is 11.3 Å². The molecule has 0 atom stereocenters. The summed E-state index contributed by atoms with van der Waals surface area (Å²) in [4.78, 5) is 12.0. The topological polar surface area (TPSA) is 41.1 Å². The van der Waals surface area contributed by atoms with Gasteiger partial charge in [-0.15, -0.1) is 0 Å². The summed E-state index contributed by atoms with van der Waals surface area (Å²) in [6.07, 6.45) is 1.58. The molecular formula is C18H20N2O. The highest BCUT2D eigenvalue weighted by molar-refractivity contribution is 6.00. The van der Waals surface area contributed by atoms with E-state index >= 15 is 0 Å². The van der Waals surface area contributed by atoms with E-state index in [0.29, 0.717) is 6.54 Å². The second-order valence-electron chi connectivity index (χ2n) is 4.97. The second-order valence-corrected chi connectivity index (χ2v) is 4.97. The molecule has 2 aromatic carbocycles. The Hall–Kier alpha value is -2.55. The van der Waals surface area contributed by atoms with Gasteiger partial charge in [-0.1, -0.05) is 48.5 Å². The summed E-state index contributed by atoms with van der Waals surface area (Å²) in [6.45, 7) is 4.57. The van der Waals surface area contributed by atoms with Crippen molar-refractivity contribution < 1.29 is 4.79 Å². The van der Waals surface area contributed by atoms with Crippen LogP contribution in [0.2, 0.25) is 0 Å². The normalized spacial score (nSPS) is 11.0. The predicted molar refractivity (Wildman–Crippen MR) is 86.8 cm³/mol. The number of anilines is 1. The molecule has 3 heteroatoms. The van der Waals surface area contributed by atoms with Crippen LogP contribution in [0.3, 0.4) is 0 Å². The molecule has 3 nitrogen and oxygen atoms in total. The van der Waals surface area contributed by atoms with Crippen LogP contribution in [0.4, 0.5) is 5.69 Å². The van der Waals surface area contributed by atoms with Crippen LogP contribution < -0.4 is 10.6 Å². The van der Waals surface area contributed by atoms with Gasteiger partial charge in [0.05, 0.1) is 0 Å². The first-order valence-corrected chi connectivity index (χ1v) is 6.98. The van der Waals surface area contributed by atoms with Gasteiger partial charge >= 0.3 is 0 Å². The number of amides is 1. The first-order chi connectivity index (χ1) is 10.1. The Kier molecular flexibility index (Phi) is 5.16. The summed E-state index contributed by atoms with van der Waals surface area (Å²) >= 11 is 0.